The Hall–Kier alpha value is -2.29. The van der Waals surface area contributed by atoms with E-state index in [1.807, 2.05) is 60.7 Å². The van der Waals surface area contributed by atoms with Crippen LogP contribution in [0.4, 0.5) is 5.69 Å². The average Bonchev–Trinajstić information content (AvgIpc) is 2.87. The Labute approximate surface area is 131 Å². The number of hydrogen-bond donors (Lipinski definition) is 2. The summed E-state index contributed by atoms with van der Waals surface area (Å²) < 4.78 is 0. The van der Waals surface area contributed by atoms with Crippen LogP contribution >= 0.6 is 0 Å². The van der Waals surface area contributed by atoms with Gasteiger partial charge in [0.25, 0.3) is 0 Å². The summed E-state index contributed by atoms with van der Waals surface area (Å²) in [5.41, 5.74) is 1.16. The number of hydrogen-bond acceptors (Lipinski definition) is 2. The summed E-state index contributed by atoms with van der Waals surface area (Å²) in [5, 5.41) is 13.5. The van der Waals surface area contributed by atoms with E-state index in [1.165, 1.54) is 0 Å². The molecule has 0 radical (unpaired) electrons. The summed E-state index contributed by atoms with van der Waals surface area (Å²) in [4.78, 5) is 12.1. The van der Waals surface area contributed by atoms with Crippen LogP contribution in [0.2, 0.25) is 0 Å². The number of nitrogens with one attached hydrogen (secondary N) is 1. The Morgan fingerprint density at radius 3 is 2.27 bits per heavy atom. The van der Waals surface area contributed by atoms with Crippen LogP contribution in [0.25, 0.3) is 0 Å². The molecule has 0 bridgehead atoms. The Morgan fingerprint density at radius 1 is 1.09 bits per heavy atom. The Balaban J connectivity index is 1.90. The smallest absolute Gasteiger partial charge is 0.314 e. The van der Waals surface area contributed by atoms with Crippen LogP contribution in [0.1, 0.15) is 25.3 Å². The van der Waals surface area contributed by atoms with Crippen LogP contribution in [0.5, 0.6) is 0 Å². The second-order valence-electron chi connectivity index (χ2n) is 6.09. The van der Waals surface area contributed by atoms with Crippen LogP contribution in [-0.4, -0.2) is 17.1 Å². The van der Waals surface area contributed by atoms with Crippen LogP contribution in [-0.2, 0) is 10.2 Å². The zero-order valence-corrected chi connectivity index (χ0v) is 12.7. The number of para-hydroxylation sites is 1. The lowest BCUT2D eigenvalue weighted by Crippen LogP contribution is -2.42. The van der Waals surface area contributed by atoms with Gasteiger partial charge in [-0.05, 0) is 36.5 Å². The second kappa shape index (κ2) is 5.84. The Kier molecular flexibility index (Phi) is 3.88. The highest BCUT2D eigenvalue weighted by molar-refractivity contribution is 5.82. The largest absolute Gasteiger partial charge is 0.481 e. The molecule has 22 heavy (non-hydrogen) atoms. The quantitative estimate of drug-likeness (QED) is 0.899. The van der Waals surface area contributed by atoms with E-state index in [4.69, 9.17) is 0 Å². The van der Waals surface area contributed by atoms with Gasteiger partial charge >= 0.3 is 5.97 Å². The summed E-state index contributed by atoms with van der Waals surface area (Å²) >= 11 is 0. The van der Waals surface area contributed by atoms with Gasteiger partial charge in [0.15, 0.2) is 0 Å². The molecule has 0 amide bonds. The number of anilines is 1. The fourth-order valence-electron chi connectivity index (χ4n) is 3.72. The van der Waals surface area contributed by atoms with Gasteiger partial charge in [-0.3, -0.25) is 4.79 Å². The van der Waals surface area contributed by atoms with E-state index in [1.54, 1.807) is 0 Å². The summed E-state index contributed by atoms with van der Waals surface area (Å²) in [5.74, 6) is -0.698. The maximum Gasteiger partial charge on any atom is 0.314 e. The number of carbonyl (C=O) groups is 1. The normalized spacial score (nSPS) is 27.5. The molecule has 1 aliphatic rings. The highest BCUT2D eigenvalue weighted by Gasteiger charge is 2.52. The number of aliphatic carboxylic acids is 1. The van der Waals surface area contributed by atoms with Gasteiger partial charge in [0.1, 0.15) is 0 Å². The monoisotopic (exact) mass is 295 g/mol. The van der Waals surface area contributed by atoms with Crippen molar-refractivity contribution in [1.82, 2.24) is 0 Å². The molecule has 2 aromatic carbocycles. The molecule has 3 nitrogen and oxygen atoms in total. The molecule has 1 fully saturated rings. The molecular formula is C19H21NO2. The first-order valence-corrected chi connectivity index (χ1v) is 7.75. The maximum absolute atomic E-state index is 12.1. The Bertz CT molecular complexity index is 641. The molecule has 0 spiro atoms. The van der Waals surface area contributed by atoms with Crippen molar-refractivity contribution in [3.8, 4) is 0 Å². The first-order valence-electron chi connectivity index (χ1n) is 7.75. The highest BCUT2D eigenvalue weighted by Crippen LogP contribution is 2.46. The van der Waals surface area contributed by atoms with Crippen LogP contribution < -0.4 is 5.32 Å². The fraction of sp³-hybridized carbons (Fsp3) is 0.316. The molecule has 1 aliphatic carbocycles. The van der Waals surface area contributed by atoms with E-state index in [0.29, 0.717) is 6.42 Å². The van der Waals surface area contributed by atoms with Crippen molar-refractivity contribution < 1.29 is 9.90 Å². The zero-order valence-electron chi connectivity index (χ0n) is 12.7. The van der Waals surface area contributed by atoms with Gasteiger partial charge in [0, 0.05) is 11.7 Å². The molecule has 0 aliphatic heterocycles. The van der Waals surface area contributed by atoms with Crippen LogP contribution in [0.3, 0.4) is 0 Å². The minimum atomic E-state index is -0.798. The molecule has 0 unspecified atom stereocenters. The lowest BCUT2D eigenvalue weighted by atomic mass is 9.72. The molecule has 114 valence electrons. The number of rotatable bonds is 4. The van der Waals surface area contributed by atoms with Gasteiger partial charge in [0.05, 0.1) is 5.41 Å². The third-order valence-corrected chi connectivity index (χ3v) is 5.03. The lowest BCUT2D eigenvalue weighted by Gasteiger charge is -2.32. The predicted octanol–water partition coefficient (Wildman–Crippen LogP) is 3.92. The second-order valence-corrected chi connectivity index (χ2v) is 6.09. The molecule has 3 atom stereocenters. The minimum absolute atomic E-state index is 0.0209. The van der Waals surface area contributed by atoms with Crippen molar-refractivity contribution in [2.24, 2.45) is 5.92 Å². The molecule has 2 aromatic rings. The van der Waals surface area contributed by atoms with Gasteiger partial charge in [-0.2, -0.15) is 0 Å². The van der Waals surface area contributed by atoms with Gasteiger partial charge < -0.3 is 10.4 Å². The Morgan fingerprint density at radius 2 is 1.68 bits per heavy atom. The standard InChI is InChI=1S/C19H21NO2/c1-14-17(20-16-10-6-3-7-11-16)12-13-19(14,18(21)22)15-8-4-2-5-9-15/h2-11,14,17,20H,12-13H2,1H3,(H,21,22)/t14-,17+,19+/m1/s1. The third kappa shape index (κ3) is 2.37. The van der Waals surface area contributed by atoms with Gasteiger partial charge in [-0.25, -0.2) is 0 Å². The molecule has 0 aromatic heterocycles. The van der Waals surface area contributed by atoms with Crippen molar-refractivity contribution in [1.29, 1.82) is 0 Å². The van der Waals surface area contributed by atoms with Crippen LogP contribution in [0, 0.1) is 5.92 Å². The summed E-state index contributed by atoms with van der Waals surface area (Å²) in [6, 6.07) is 19.8. The molecule has 3 heteroatoms. The molecular weight excluding hydrogens is 274 g/mol. The SMILES string of the molecule is C[C@@H]1[C@@H](Nc2ccccc2)CC[C@@]1(C(=O)O)c1ccccc1. The van der Waals surface area contributed by atoms with E-state index < -0.39 is 11.4 Å². The van der Waals surface area contributed by atoms with Crippen LogP contribution in [0.15, 0.2) is 60.7 Å². The number of carboxylic acid groups (broad SMARTS) is 1. The minimum Gasteiger partial charge on any atom is -0.481 e. The van der Waals surface area contributed by atoms with Crippen molar-refractivity contribution in [3.63, 3.8) is 0 Å². The summed E-state index contributed by atoms with van der Waals surface area (Å²) in [7, 11) is 0. The first kappa shape index (κ1) is 14.6. The molecule has 1 saturated carbocycles. The summed E-state index contributed by atoms with van der Waals surface area (Å²) in [6.45, 7) is 2.05. The predicted molar refractivity (Wildman–Crippen MR) is 88.0 cm³/mol. The first-order chi connectivity index (χ1) is 10.6. The van der Waals surface area contributed by atoms with Crippen molar-refractivity contribution >= 4 is 11.7 Å². The topological polar surface area (TPSA) is 49.3 Å². The van der Waals surface area contributed by atoms with E-state index in [9.17, 15) is 9.90 Å². The van der Waals surface area contributed by atoms with E-state index in [-0.39, 0.29) is 12.0 Å². The van der Waals surface area contributed by atoms with E-state index in [0.717, 1.165) is 17.7 Å². The van der Waals surface area contributed by atoms with Gasteiger partial charge in [-0.15, -0.1) is 0 Å². The van der Waals surface area contributed by atoms with E-state index in [2.05, 4.69) is 12.2 Å². The fourth-order valence-corrected chi connectivity index (χ4v) is 3.72. The maximum atomic E-state index is 12.1. The molecule has 2 N–H and O–H groups in total. The highest BCUT2D eigenvalue weighted by atomic mass is 16.4. The third-order valence-electron chi connectivity index (χ3n) is 5.03. The van der Waals surface area contributed by atoms with Crippen molar-refractivity contribution in [2.75, 3.05) is 5.32 Å². The molecule has 3 rings (SSSR count). The van der Waals surface area contributed by atoms with E-state index >= 15 is 0 Å². The van der Waals surface area contributed by atoms with Gasteiger partial charge in [0.2, 0.25) is 0 Å². The summed E-state index contributed by atoms with van der Waals surface area (Å²) in [6.07, 6.45) is 1.52. The zero-order chi connectivity index (χ0) is 15.6. The lowest BCUT2D eigenvalue weighted by molar-refractivity contribution is -0.145. The van der Waals surface area contributed by atoms with Gasteiger partial charge in [-0.1, -0.05) is 55.5 Å². The molecule has 0 heterocycles. The average molecular weight is 295 g/mol. The van der Waals surface area contributed by atoms with Crippen molar-refractivity contribution in [3.05, 3.63) is 66.2 Å². The number of benzene rings is 2. The number of carboxylic acids is 1. The molecule has 0 saturated heterocycles. The van der Waals surface area contributed by atoms with Crippen molar-refractivity contribution in [2.45, 2.75) is 31.2 Å².